The standard InChI is InChI=1S/C15H9F2N3O2/c16-10-3-1-9(2-4-10)14-13(15(21)22)18-19-20(14)12-7-5-11(17)6-8-12/h1-8H,(H,21,22). The van der Waals surface area contributed by atoms with Crippen molar-refractivity contribution in [3.05, 3.63) is 65.9 Å². The van der Waals surface area contributed by atoms with Crippen LogP contribution < -0.4 is 0 Å². The summed E-state index contributed by atoms with van der Waals surface area (Å²) in [6, 6.07) is 10.6. The molecule has 0 fully saturated rings. The van der Waals surface area contributed by atoms with E-state index in [1.807, 2.05) is 0 Å². The highest BCUT2D eigenvalue weighted by Crippen LogP contribution is 2.25. The molecule has 0 aliphatic carbocycles. The lowest BCUT2D eigenvalue weighted by atomic mass is 10.1. The summed E-state index contributed by atoms with van der Waals surface area (Å²) < 4.78 is 27.4. The fourth-order valence-corrected chi connectivity index (χ4v) is 2.06. The van der Waals surface area contributed by atoms with Crippen LogP contribution >= 0.6 is 0 Å². The van der Waals surface area contributed by atoms with E-state index in [1.54, 1.807) is 0 Å². The summed E-state index contributed by atoms with van der Waals surface area (Å²) in [4.78, 5) is 11.3. The van der Waals surface area contributed by atoms with E-state index < -0.39 is 17.6 Å². The Morgan fingerprint density at radius 2 is 1.50 bits per heavy atom. The largest absolute Gasteiger partial charge is 0.476 e. The molecule has 0 atom stereocenters. The Hall–Kier alpha value is -3.09. The van der Waals surface area contributed by atoms with Crippen molar-refractivity contribution in [3.8, 4) is 16.9 Å². The lowest BCUT2D eigenvalue weighted by Gasteiger charge is -2.07. The number of hydrogen-bond acceptors (Lipinski definition) is 3. The van der Waals surface area contributed by atoms with Crippen LogP contribution in [-0.2, 0) is 0 Å². The quantitative estimate of drug-likeness (QED) is 0.807. The van der Waals surface area contributed by atoms with E-state index in [2.05, 4.69) is 10.3 Å². The molecule has 3 aromatic rings. The van der Waals surface area contributed by atoms with Gasteiger partial charge in [0.15, 0.2) is 5.69 Å². The van der Waals surface area contributed by atoms with Gasteiger partial charge in [0.1, 0.15) is 17.3 Å². The summed E-state index contributed by atoms with van der Waals surface area (Å²) in [6.07, 6.45) is 0. The Bertz CT molecular complexity index is 827. The third kappa shape index (κ3) is 2.44. The van der Waals surface area contributed by atoms with Gasteiger partial charge in [-0.05, 0) is 48.5 Å². The minimum absolute atomic E-state index is 0.194. The average Bonchev–Trinajstić information content (AvgIpc) is 2.94. The number of rotatable bonds is 3. The van der Waals surface area contributed by atoms with Gasteiger partial charge >= 0.3 is 5.97 Å². The molecular formula is C15H9F2N3O2. The molecule has 0 aliphatic heterocycles. The molecule has 110 valence electrons. The minimum atomic E-state index is -1.26. The molecule has 0 amide bonds. The first-order valence-corrected chi connectivity index (χ1v) is 6.27. The molecule has 1 heterocycles. The van der Waals surface area contributed by atoms with Crippen molar-refractivity contribution in [2.24, 2.45) is 0 Å². The molecule has 1 aromatic heterocycles. The zero-order valence-electron chi connectivity index (χ0n) is 11.1. The molecule has 0 radical (unpaired) electrons. The van der Waals surface area contributed by atoms with Crippen LogP contribution in [0.2, 0.25) is 0 Å². The summed E-state index contributed by atoms with van der Waals surface area (Å²) in [5.74, 6) is -2.13. The van der Waals surface area contributed by atoms with Crippen LogP contribution in [0.3, 0.4) is 0 Å². The van der Waals surface area contributed by atoms with Crippen LogP contribution in [0.15, 0.2) is 48.5 Å². The number of carboxylic acids is 1. The molecule has 5 nitrogen and oxygen atoms in total. The smallest absolute Gasteiger partial charge is 0.358 e. The van der Waals surface area contributed by atoms with Gasteiger partial charge in [0.25, 0.3) is 0 Å². The van der Waals surface area contributed by atoms with Crippen molar-refractivity contribution in [1.82, 2.24) is 15.0 Å². The van der Waals surface area contributed by atoms with Crippen LogP contribution in [0.5, 0.6) is 0 Å². The van der Waals surface area contributed by atoms with Crippen molar-refractivity contribution in [2.75, 3.05) is 0 Å². The Balaban J connectivity index is 2.21. The first-order valence-electron chi connectivity index (χ1n) is 6.27. The molecule has 0 unspecified atom stereocenters. The number of carbonyl (C=O) groups is 1. The van der Waals surface area contributed by atoms with Crippen molar-refractivity contribution < 1.29 is 18.7 Å². The van der Waals surface area contributed by atoms with Crippen molar-refractivity contribution >= 4 is 5.97 Å². The van der Waals surface area contributed by atoms with E-state index >= 15 is 0 Å². The Morgan fingerprint density at radius 1 is 0.955 bits per heavy atom. The first-order chi connectivity index (χ1) is 10.6. The maximum absolute atomic E-state index is 13.1. The van der Waals surface area contributed by atoms with E-state index in [-0.39, 0.29) is 11.4 Å². The molecule has 2 aromatic carbocycles. The molecule has 22 heavy (non-hydrogen) atoms. The molecule has 0 aliphatic rings. The molecule has 3 rings (SSSR count). The third-order valence-corrected chi connectivity index (χ3v) is 3.06. The first kappa shape index (κ1) is 13.9. The lowest BCUT2D eigenvalue weighted by molar-refractivity contribution is 0.0691. The Labute approximate surface area is 123 Å². The van der Waals surface area contributed by atoms with Crippen LogP contribution in [-0.4, -0.2) is 26.1 Å². The van der Waals surface area contributed by atoms with Crippen LogP contribution in [0.1, 0.15) is 10.5 Å². The highest BCUT2D eigenvalue weighted by atomic mass is 19.1. The number of aromatic carboxylic acids is 1. The van der Waals surface area contributed by atoms with Crippen molar-refractivity contribution in [1.29, 1.82) is 0 Å². The Morgan fingerprint density at radius 3 is 2.05 bits per heavy atom. The van der Waals surface area contributed by atoms with Gasteiger partial charge in [-0.3, -0.25) is 0 Å². The second-order valence-electron chi connectivity index (χ2n) is 4.49. The van der Waals surface area contributed by atoms with Gasteiger partial charge in [-0.25, -0.2) is 18.3 Å². The monoisotopic (exact) mass is 301 g/mol. The van der Waals surface area contributed by atoms with Gasteiger partial charge in [-0.15, -0.1) is 5.10 Å². The van der Waals surface area contributed by atoms with Crippen LogP contribution in [0, 0.1) is 11.6 Å². The summed E-state index contributed by atoms with van der Waals surface area (Å²) in [6.45, 7) is 0. The van der Waals surface area contributed by atoms with Gasteiger partial charge in [-0.2, -0.15) is 0 Å². The number of carboxylic acid groups (broad SMARTS) is 1. The fourth-order valence-electron chi connectivity index (χ4n) is 2.06. The normalized spacial score (nSPS) is 10.6. The van der Waals surface area contributed by atoms with Gasteiger partial charge < -0.3 is 5.11 Å². The summed E-state index contributed by atoms with van der Waals surface area (Å²) in [5.41, 5.74) is 0.809. The second kappa shape index (κ2) is 5.36. The molecule has 0 bridgehead atoms. The molecule has 1 N–H and O–H groups in total. The van der Waals surface area contributed by atoms with Crippen molar-refractivity contribution in [2.45, 2.75) is 0 Å². The maximum atomic E-state index is 13.1. The van der Waals surface area contributed by atoms with E-state index in [9.17, 15) is 18.7 Å². The molecule has 0 saturated heterocycles. The van der Waals surface area contributed by atoms with Gasteiger partial charge in [0, 0.05) is 5.56 Å². The molecule has 7 heteroatoms. The topological polar surface area (TPSA) is 68.0 Å². The molecular weight excluding hydrogens is 292 g/mol. The van der Waals surface area contributed by atoms with E-state index in [0.717, 1.165) is 0 Å². The number of benzene rings is 2. The molecule has 0 spiro atoms. The number of aromatic nitrogens is 3. The van der Waals surface area contributed by atoms with Gasteiger partial charge in [0.05, 0.1) is 5.69 Å². The number of hydrogen-bond donors (Lipinski definition) is 1. The highest BCUT2D eigenvalue weighted by Gasteiger charge is 2.21. The predicted octanol–water partition coefficient (Wildman–Crippen LogP) is 2.91. The second-order valence-corrected chi connectivity index (χ2v) is 4.49. The van der Waals surface area contributed by atoms with E-state index in [4.69, 9.17) is 0 Å². The summed E-state index contributed by atoms with van der Waals surface area (Å²) >= 11 is 0. The highest BCUT2D eigenvalue weighted by molar-refractivity contribution is 5.93. The fraction of sp³-hybridized carbons (Fsp3) is 0. The Kier molecular flexibility index (Phi) is 3.38. The summed E-state index contributed by atoms with van der Waals surface area (Å²) in [5, 5.41) is 16.7. The zero-order valence-corrected chi connectivity index (χ0v) is 11.1. The van der Waals surface area contributed by atoms with Crippen LogP contribution in [0.25, 0.3) is 16.9 Å². The lowest BCUT2D eigenvalue weighted by Crippen LogP contribution is -2.03. The minimum Gasteiger partial charge on any atom is -0.476 e. The van der Waals surface area contributed by atoms with Gasteiger partial charge in [-0.1, -0.05) is 5.21 Å². The number of nitrogens with zero attached hydrogens (tertiary/aromatic N) is 3. The van der Waals surface area contributed by atoms with Crippen molar-refractivity contribution in [3.63, 3.8) is 0 Å². The average molecular weight is 301 g/mol. The number of halogens is 2. The maximum Gasteiger partial charge on any atom is 0.358 e. The third-order valence-electron chi connectivity index (χ3n) is 3.06. The van der Waals surface area contributed by atoms with Gasteiger partial charge in [0.2, 0.25) is 0 Å². The SMILES string of the molecule is O=C(O)c1nnn(-c2ccc(F)cc2)c1-c1ccc(F)cc1. The summed E-state index contributed by atoms with van der Waals surface area (Å²) in [7, 11) is 0. The predicted molar refractivity (Wildman–Crippen MR) is 73.7 cm³/mol. The molecule has 0 saturated carbocycles. The van der Waals surface area contributed by atoms with E-state index in [0.29, 0.717) is 11.3 Å². The van der Waals surface area contributed by atoms with Crippen LogP contribution in [0.4, 0.5) is 8.78 Å². The van der Waals surface area contributed by atoms with E-state index in [1.165, 1.54) is 53.2 Å². The zero-order chi connectivity index (χ0) is 15.7.